The Balaban J connectivity index is 1.93. The Morgan fingerprint density at radius 2 is 1.65 bits per heavy atom. The van der Waals surface area contributed by atoms with E-state index in [-0.39, 0.29) is 0 Å². The zero-order chi connectivity index (χ0) is 15.2. The summed E-state index contributed by atoms with van der Waals surface area (Å²) in [5.74, 6) is 1.19. The molecule has 0 saturated carbocycles. The molecule has 114 valence electrons. The fraction of sp³-hybridized carbons (Fsp3) is 0.211. The second-order valence-electron chi connectivity index (χ2n) is 6.04. The molecule has 2 aromatic heterocycles. The topological polar surface area (TPSA) is 42.4 Å². The van der Waals surface area contributed by atoms with Crippen molar-refractivity contribution in [3.8, 4) is 0 Å². The van der Waals surface area contributed by atoms with E-state index >= 15 is 0 Å². The molecule has 0 bridgehead atoms. The van der Waals surface area contributed by atoms with Crippen molar-refractivity contribution in [3.63, 3.8) is 0 Å². The Kier molecular flexibility index (Phi) is 2.78. The summed E-state index contributed by atoms with van der Waals surface area (Å²) in [5.41, 5.74) is 3.55. The second kappa shape index (κ2) is 4.96. The van der Waals surface area contributed by atoms with E-state index < -0.39 is 0 Å². The van der Waals surface area contributed by atoms with Gasteiger partial charge in [0.1, 0.15) is 18.6 Å². The number of H-pyrrole nitrogens is 2. The minimum Gasteiger partial charge on any atom is -0.373 e. The number of pyridine rings is 1. The molecule has 2 N–H and O–H groups in total. The molecule has 4 heteroatoms. The Bertz CT molecular complexity index is 1020. The number of aromatic amines is 2. The minimum atomic E-state index is 0.782. The number of aromatic nitrogens is 2. The Morgan fingerprint density at radius 1 is 0.913 bits per heavy atom. The molecule has 0 amide bonds. The van der Waals surface area contributed by atoms with Gasteiger partial charge in [-0.3, -0.25) is 4.90 Å². The first kappa shape index (κ1) is 12.9. The van der Waals surface area contributed by atoms with Crippen molar-refractivity contribution < 1.29 is 9.72 Å². The number of para-hydroxylation sites is 2. The van der Waals surface area contributed by atoms with Gasteiger partial charge in [-0.2, -0.15) is 0 Å². The molecule has 0 aliphatic carbocycles. The van der Waals surface area contributed by atoms with E-state index in [4.69, 9.17) is 4.74 Å². The van der Waals surface area contributed by atoms with E-state index in [0.29, 0.717) is 0 Å². The number of hydrogen-bond acceptors (Lipinski definition) is 2. The van der Waals surface area contributed by atoms with E-state index in [1.54, 1.807) is 0 Å². The maximum Gasteiger partial charge on any atom is 0.285 e. The van der Waals surface area contributed by atoms with Gasteiger partial charge in [-0.25, -0.2) is 4.98 Å². The zero-order valence-electron chi connectivity index (χ0n) is 12.8. The van der Waals surface area contributed by atoms with Crippen LogP contribution in [0, 0.1) is 0 Å². The first-order chi connectivity index (χ1) is 11.4. The van der Waals surface area contributed by atoms with Gasteiger partial charge in [0, 0.05) is 16.3 Å². The molecule has 1 saturated heterocycles. The number of fused-ring (bicyclic) bond motifs is 5. The Morgan fingerprint density at radius 3 is 2.52 bits per heavy atom. The van der Waals surface area contributed by atoms with Crippen molar-refractivity contribution in [3.05, 3.63) is 48.5 Å². The van der Waals surface area contributed by atoms with Crippen molar-refractivity contribution in [1.29, 1.82) is 0 Å². The normalized spacial score (nSPS) is 15.7. The largest absolute Gasteiger partial charge is 0.373 e. The molecule has 1 aliphatic heterocycles. The highest BCUT2D eigenvalue weighted by atomic mass is 16.5. The quantitative estimate of drug-likeness (QED) is 0.587. The first-order valence-electron chi connectivity index (χ1n) is 8.09. The fourth-order valence-electron chi connectivity index (χ4n) is 3.61. The van der Waals surface area contributed by atoms with Gasteiger partial charge in [0.05, 0.1) is 24.1 Å². The van der Waals surface area contributed by atoms with Crippen LogP contribution < -0.4 is 9.88 Å². The molecule has 1 aliphatic rings. The molecule has 0 atom stereocenters. The summed E-state index contributed by atoms with van der Waals surface area (Å²) in [6.45, 7) is 3.40. The smallest absolute Gasteiger partial charge is 0.285 e. The van der Waals surface area contributed by atoms with E-state index in [1.807, 2.05) is 0 Å². The lowest BCUT2D eigenvalue weighted by atomic mass is 10.1. The second-order valence-corrected chi connectivity index (χ2v) is 6.04. The van der Waals surface area contributed by atoms with E-state index in [1.165, 1.54) is 33.0 Å². The van der Waals surface area contributed by atoms with Gasteiger partial charge in [-0.1, -0.05) is 30.3 Å². The molecular weight excluding hydrogens is 286 g/mol. The van der Waals surface area contributed by atoms with Crippen LogP contribution in [0.15, 0.2) is 48.5 Å². The van der Waals surface area contributed by atoms with Crippen LogP contribution in [0.5, 0.6) is 0 Å². The van der Waals surface area contributed by atoms with E-state index in [2.05, 4.69) is 63.4 Å². The lowest BCUT2D eigenvalue weighted by molar-refractivity contribution is -0.329. The van der Waals surface area contributed by atoms with E-state index in [0.717, 1.165) is 31.8 Å². The summed E-state index contributed by atoms with van der Waals surface area (Å²) in [7, 11) is 0. The van der Waals surface area contributed by atoms with Gasteiger partial charge >= 0.3 is 0 Å². The third-order valence-corrected chi connectivity index (χ3v) is 4.72. The van der Waals surface area contributed by atoms with E-state index in [9.17, 15) is 0 Å². The van der Waals surface area contributed by atoms with Crippen molar-refractivity contribution in [1.82, 2.24) is 4.98 Å². The maximum absolute atomic E-state index is 5.53. The highest BCUT2D eigenvalue weighted by molar-refractivity contribution is 6.19. The van der Waals surface area contributed by atoms with Crippen LogP contribution in [0.2, 0.25) is 0 Å². The van der Waals surface area contributed by atoms with Crippen molar-refractivity contribution in [2.24, 2.45) is 0 Å². The molecule has 4 nitrogen and oxygen atoms in total. The van der Waals surface area contributed by atoms with Crippen LogP contribution >= 0.6 is 0 Å². The maximum atomic E-state index is 5.53. The summed E-state index contributed by atoms with van der Waals surface area (Å²) in [5, 5.41) is 3.78. The van der Waals surface area contributed by atoms with Gasteiger partial charge in [0.25, 0.3) is 5.82 Å². The lowest BCUT2D eigenvalue weighted by Crippen LogP contribution is -2.39. The van der Waals surface area contributed by atoms with Crippen molar-refractivity contribution >= 4 is 38.5 Å². The van der Waals surface area contributed by atoms with Gasteiger partial charge in [0.15, 0.2) is 0 Å². The Labute approximate surface area is 133 Å². The van der Waals surface area contributed by atoms with Crippen LogP contribution in [0.1, 0.15) is 0 Å². The molecule has 3 heterocycles. The van der Waals surface area contributed by atoms with Crippen LogP contribution in [-0.2, 0) is 4.74 Å². The number of benzene rings is 2. The highest BCUT2D eigenvalue weighted by Gasteiger charge is 2.25. The molecule has 4 aromatic rings. The van der Waals surface area contributed by atoms with Gasteiger partial charge in [-0.05, 0) is 18.2 Å². The van der Waals surface area contributed by atoms with Gasteiger partial charge in [0.2, 0.25) is 0 Å². The standard InChI is InChI=1S/C19H17N3O/c1-3-7-15-13(5-1)17-18(20-15)14-6-2-4-8-16(14)21-19(17)22-9-11-23-12-10-22/h1-8,20H,9-12H2/p+1. The van der Waals surface area contributed by atoms with Crippen molar-refractivity contribution in [2.75, 3.05) is 31.2 Å². The highest BCUT2D eigenvalue weighted by Crippen LogP contribution is 2.34. The van der Waals surface area contributed by atoms with Crippen LogP contribution in [0.4, 0.5) is 5.82 Å². The fourth-order valence-corrected chi connectivity index (χ4v) is 3.61. The number of nitrogens with zero attached hydrogens (tertiary/aromatic N) is 1. The first-order valence-corrected chi connectivity index (χ1v) is 8.09. The number of rotatable bonds is 1. The molecule has 0 spiro atoms. The third-order valence-electron chi connectivity index (χ3n) is 4.72. The molecule has 2 aromatic carbocycles. The summed E-state index contributed by atoms with van der Waals surface area (Å²) in [4.78, 5) is 9.69. The number of morpholine rings is 1. The predicted molar refractivity (Wildman–Crippen MR) is 92.9 cm³/mol. The number of ether oxygens (including phenoxy) is 1. The molecule has 0 unspecified atom stereocenters. The Hall–Kier alpha value is -2.59. The minimum absolute atomic E-state index is 0.782. The molecule has 5 rings (SSSR count). The summed E-state index contributed by atoms with van der Waals surface area (Å²) in [6, 6.07) is 17.0. The molecule has 0 radical (unpaired) electrons. The van der Waals surface area contributed by atoms with Crippen LogP contribution in [0.3, 0.4) is 0 Å². The van der Waals surface area contributed by atoms with Crippen LogP contribution in [-0.4, -0.2) is 31.3 Å². The number of hydrogen-bond donors (Lipinski definition) is 1. The third kappa shape index (κ3) is 1.92. The zero-order valence-corrected chi connectivity index (χ0v) is 12.8. The molecular formula is C19H18N3O+. The summed E-state index contributed by atoms with van der Waals surface area (Å²) < 4.78 is 5.53. The number of anilines is 1. The molecule has 23 heavy (non-hydrogen) atoms. The van der Waals surface area contributed by atoms with Crippen molar-refractivity contribution in [2.45, 2.75) is 0 Å². The predicted octanol–water partition coefficient (Wildman–Crippen LogP) is 3.13. The monoisotopic (exact) mass is 304 g/mol. The van der Waals surface area contributed by atoms with Gasteiger partial charge < -0.3 is 9.72 Å². The average Bonchev–Trinajstić information content (AvgIpc) is 3.02. The SMILES string of the molecule is c1ccc2c(c1)[nH]c1c3ccccc3[nH+]c(N3CCOCC3)c21. The number of nitrogens with one attached hydrogen (secondary N) is 2. The van der Waals surface area contributed by atoms with Gasteiger partial charge in [-0.15, -0.1) is 0 Å². The lowest BCUT2D eigenvalue weighted by Gasteiger charge is -2.22. The summed E-state index contributed by atoms with van der Waals surface area (Å²) in [6.07, 6.45) is 0. The molecule has 1 fully saturated rings. The summed E-state index contributed by atoms with van der Waals surface area (Å²) >= 11 is 0. The average molecular weight is 304 g/mol. The van der Waals surface area contributed by atoms with Crippen LogP contribution in [0.25, 0.3) is 32.7 Å².